The van der Waals surface area contributed by atoms with Crippen LogP contribution in [0.3, 0.4) is 0 Å². The molecule has 0 unspecified atom stereocenters. The summed E-state index contributed by atoms with van der Waals surface area (Å²) in [4.78, 5) is 10.3. The molecule has 0 aliphatic heterocycles. The fourth-order valence-corrected chi connectivity index (χ4v) is 2.79. The van der Waals surface area contributed by atoms with E-state index in [2.05, 4.69) is 15.3 Å². The van der Waals surface area contributed by atoms with Crippen LogP contribution in [0, 0.1) is 28.7 Å². The number of phenols is 1. The summed E-state index contributed by atoms with van der Waals surface area (Å²) in [5.74, 6) is 0.794. The van der Waals surface area contributed by atoms with E-state index in [1.165, 1.54) is 29.1 Å². The molecular weight excluding hydrogens is 382 g/mol. The van der Waals surface area contributed by atoms with Crippen molar-refractivity contribution in [3.8, 4) is 11.5 Å². The van der Waals surface area contributed by atoms with Gasteiger partial charge in [0.1, 0.15) is 12.4 Å². The van der Waals surface area contributed by atoms with Crippen LogP contribution < -0.4 is 4.74 Å². The summed E-state index contributed by atoms with van der Waals surface area (Å²) in [6, 6.07) is 9.82. The van der Waals surface area contributed by atoms with E-state index in [0.717, 1.165) is 16.9 Å². The fourth-order valence-electron chi connectivity index (χ4n) is 2.59. The zero-order valence-corrected chi connectivity index (χ0v) is 15.9. The molecule has 2 aromatic carbocycles. The van der Waals surface area contributed by atoms with Crippen LogP contribution in [-0.4, -0.2) is 31.1 Å². The summed E-state index contributed by atoms with van der Waals surface area (Å²) in [6.45, 7) is 4.04. The summed E-state index contributed by atoms with van der Waals surface area (Å²) in [7, 11) is 0. The predicted molar refractivity (Wildman–Crippen MR) is 105 cm³/mol. The van der Waals surface area contributed by atoms with Crippen molar-refractivity contribution in [3.05, 3.63) is 73.8 Å². The minimum atomic E-state index is -0.667. The van der Waals surface area contributed by atoms with Gasteiger partial charge >= 0.3 is 5.69 Å². The quantitative estimate of drug-likeness (QED) is 0.283. The van der Waals surface area contributed by atoms with E-state index in [0.29, 0.717) is 11.4 Å². The minimum Gasteiger partial charge on any atom is -0.502 e. The van der Waals surface area contributed by atoms with Crippen LogP contribution in [0.25, 0.3) is 0 Å². The Labute approximate surface area is 165 Å². The van der Waals surface area contributed by atoms with Crippen LogP contribution >= 0.6 is 12.2 Å². The Morgan fingerprint density at radius 3 is 2.75 bits per heavy atom. The molecule has 1 aromatic heterocycles. The van der Waals surface area contributed by atoms with E-state index in [4.69, 9.17) is 17.0 Å². The summed E-state index contributed by atoms with van der Waals surface area (Å²) in [5.41, 5.74) is 2.02. The number of rotatable bonds is 6. The third-order valence-corrected chi connectivity index (χ3v) is 4.25. The van der Waals surface area contributed by atoms with Gasteiger partial charge in [-0.15, -0.1) is 0 Å². The Hall–Kier alpha value is -3.53. The van der Waals surface area contributed by atoms with Crippen molar-refractivity contribution in [2.45, 2.75) is 20.5 Å². The van der Waals surface area contributed by atoms with E-state index in [1.54, 1.807) is 0 Å². The van der Waals surface area contributed by atoms with E-state index in [-0.39, 0.29) is 11.4 Å². The molecular formula is C18H17N5O4S. The van der Waals surface area contributed by atoms with E-state index in [1.807, 2.05) is 32.0 Å². The molecule has 0 atom stereocenters. The second-order valence-corrected chi connectivity index (χ2v) is 6.40. The number of aromatic nitrogens is 3. The van der Waals surface area contributed by atoms with Crippen molar-refractivity contribution in [2.24, 2.45) is 5.10 Å². The van der Waals surface area contributed by atoms with Gasteiger partial charge in [-0.05, 0) is 49.3 Å². The SMILES string of the molecule is Cc1cccc(C)c1OCc1n[nH]c(=S)n1/N=C\c1ccc(O)c([N+](=O)[O-])c1. The number of aromatic amines is 1. The van der Waals surface area contributed by atoms with Crippen molar-refractivity contribution in [1.82, 2.24) is 14.9 Å². The summed E-state index contributed by atoms with van der Waals surface area (Å²) >= 11 is 5.19. The Balaban J connectivity index is 1.84. The second-order valence-electron chi connectivity index (χ2n) is 6.02. The number of phenolic OH excluding ortho intramolecular Hbond substituents is 1. The molecule has 2 N–H and O–H groups in total. The number of para-hydroxylation sites is 1. The number of H-pyrrole nitrogens is 1. The molecule has 0 bridgehead atoms. The number of aryl methyl sites for hydroxylation is 2. The number of nitrogens with one attached hydrogen (secondary N) is 1. The highest BCUT2D eigenvalue weighted by molar-refractivity contribution is 7.71. The van der Waals surface area contributed by atoms with Gasteiger partial charge in [-0.3, -0.25) is 10.1 Å². The molecule has 0 aliphatic carbocycles. The van der Waals surface area contributed by atoms with E-state index >= 15 is 0 Å². The molecule has 144 valence electrons. The normalized spacial score (nSPS) is 11.1. The first-order valence-electron chi connectivity index (χ1n) is 8.24. The van der Waals surface area contributed by atoms with Gasteiger partial charge in [-0.2, -0.15) is 14.9 Å². The predicted octanol–water partition coefficient (Wildman–Crippen LogP) is 3.63. The van der Waals surface area contributed by atoms with Crippen molar-refractivity contribution in [3.63, 3.8) is 0 Å². The second kappa shape index (κ2) is 8.01. The lowest BCUT2D eigenvalue weighted by atomic mass is 10.1. The van der Waals surface area contributed by atoms with Crippen molar-refractivity contribution < 1.29 is 14.8 Å². The minimum absolute atomic E-state index is 0.131. The molecule has 0 aliphatic rings. The molecule has 0 fully saturated rings. The third-order valence-electron chi connectivity index (χ3n) is 3.99. The molecule has 28 heavy (non-hydrogen) atoms. The smallest absolute Gasteiger partial charge is 0.311 e. The standard InChI is InChI=1S/C18H17N5O4S/c1-11-4-3-5-12(2)17(11)27-10-16-20-21-18(28)22(16)19-9-13-6-7-15(24)14(8-13)23(25)26/h3-9,24H,10H2,1-2H3,(H,21,28)/b19-9-. The zero-order chi connectivity index (χ0) is 20.3. The van der Waals surface area contributed by atoms with Gasteiger partial charge in [0.05, 0.1) is 11.1 Å². The Kier molecular flexibility index (Phi) is 5.50. The van der Waals surface area contributed by atoms with Crippen molar-refractivity contribution >= 4 is 24.1 Å². The average Bonchev–Trinajstić information content (AvgIpc) is 3.00. The lowest BCUT2D eigenvalue weighted by Gasteiger charge is -2.11. The number of ether oxygens (including phenoxy) is 1. The monoisotopic (exact) mass is 399 g/mol. The molecule has 1 heterocycles. The van der Waals surface area contributed by atoms with Gasteiger partial charge in [0.25, 0.3) is 0 Å². The first-order chi connectivity index (χ1) is 13.4. The summed E-state index contributed by atoms with van der Waals surface area (Å²) < 4.78 is 7.51. The number of aromatic hydroxyl groups is 1. The summed E-state index contributed by atoms with van der Waals surface area (Å²) in [5, 5.41) is 31.5. The lowest BCUT2D eigenvalue weighted by molar-refractivity contribution is -0.385. The van der Waals surface area contributed by atoms with Crippen LogP contribution in [0.2, 0.25) is 0 Å². The lowest BCUT2D eigenvalue weighted by Crippen LogP contribution is -2.05. The Morgan fingerprint density at radius 2 is 2.07 bits per heavy atom. The van der Waals surface area contributed by atoms with Crippen LogP contribution in [0.1, 0.15) is 22.5 Å². The molecule has 0 spiro atoms. The van der Waals surface area contributed by atoms with Gasteiger partial charge in [-0.1, -0.05) is 18.2 Å². The van der Waals surface area contributed by atoms with Gasteiger partial charge in [0.15, 0.2) is 11.6 Å². The van der Waals surface area contributed by atoms with Crippen LogP contribution in [0.4, 0.5) is 5.69 Å². The molecule has 0 saturated heterocycles. The van der Waals surface area contributed by atoms with Gasteiger partial charge in [0, 0.05) is 11.6 Å². The maximum absolute atomic E-state index is 10.9. The van der Waals surface area contributed by atoms with E-state index < -0.39 is 16.4 Å². The molecule has 9 nitrogen and oxygen atoms in total. The zero-order valence-electron chi connectivity index (χ0n) is 15.1. The topological polar surface area (TPSA) is 119 Å². The number of benzene rings is 2. The Morgan fingerprint density at radius 1 is 1.36 bits per heavy atom. The first-order valence-corrected chi connectivity index (χ1v) is 8.64. The third kappa shape index (κ3) is 4.07. The van der Waals surface area contributed by atoms with Gasteiger partial charge < -0.3 is 9.84 Å². The van der Waals surface area contributed by atoms with Gasteiger partial charge in [-0.25, -0.2) is 5.10 Å². The van der Waals surface area contributed by atoms with Crippen molar-refractivity contribution in [2.75, 3.05) is 0 Å². The maximum Gasteiger partial charge on any atom is 0.311 e. The molecule has 3 rings (SSSR count). The molecule has 0 amide bonds. The average molecular weight is 399 g/mol. The highest BCUT2D eigenvalue weighted by Crippen LogP contribution is 2.26. The van der Waals surface area contributed by atoms with E-state index in [9.17, 15) is 15.2 Å². The van der Waals surface area contributed by atoms with Crippen LogP contribution in [0.15, 0.2) is 41.5 Å². The fraction of sp³-hybridized carbons (Fsp3) is 0.167. The highest BCUT2D eigenvalue weighted by Gasteiger charge is 2.13. The van der Waals surface area contributed by atoms with Crippen molar-refractivity contribution in [1.29, 1.82) is 0 Å². The van der Waals surface area contributed by atoms with Gasteiger partial charge in [0.2, 0.25) is 4.77 Å². The first kappa shape index (κ1) is 19.2. The number of hydrogen-bond donors (Lipinski definition) is 2. The Bertz CT molecular complexity index is 1100. The number of nitro groups is 1. The molecule has 0 radical (unpaired) electrons. The maximum atomic E-state index is 10.9. The number of hydrogen-bond acceptors (Lipinski definition) is 7. The molecule has 0 saturated carbocycles. The molecule has 10 heteroatoms. The van der Waals surface area contributed by atoms with Crippen LogP contribution in [0.5, 0.6) is 11.5 Å². The van der Waals surface area contributed by atoms with Crippen LogP contribution in [-0.2, 0) is 6.61 Å². The highest BCUT2D eigenvalue weighted by atomic mass is 32.1. The number of nitro benzene ring substituents is 1. The largest absolute Gasteiger partial charge is 0.502 e. The summed E-state index contributed by atoms with van der Waals surface area (Å²) in [6.07, 6.45) is 1.39. The molecule has 3 aromatic rings. The number of nitrogens with zero attached hydrogens (tertiary/aromatic N) is 4.